The van der Waals surface area contributed by atoms with Crippen LogP contribution in [0.4, 0.5) is 4.79 Å². The molecule has 6 nitrogen and oxygen atoms in total. The number of hydrogen-bond donors (Lipinski definition) is 1. The highest BCUT2D eigenvalue weighted by Gasteiger charge is 2.25. The highest BCUT2D eigenvalue weighted by molar-refractivity contribution is 7.11. The molecule has 1 N–H and O–H groups in total. The Morgan fingerprint density at radius 1 is 1.36 bits per heavy atom. The third kappa shape index (κ3) is 3.81. The van der Waals surface area contributed by atoms with Crippen LogP contribution in [0.1, 0.15) is 46.5 Å². The van der Waals surface area contributed by atoms with Gasteiger partial charge in [0.25, 0.3) is 0 Å². The van der Waals surface area contributed by atoms with Crippen molar-refractivity contribution in [3.05, 3.63) is 39.9 Å². The van der Waals surface area contributed by atoms with Crippen LogP contribution in [-0.4, -0.2) is 45.5 Å². The number of nitrogens with one attached hydrogen (secondary N) is 1. The molecule has 1 unspecified atom stereocenters. The molecule has 7 heteroatoms. The van der Waals surface area contributed by atoms with E-state index in [1.54, 1.807) is 12.5 Å². The number of aryl methyl sites for hydroxylation is 2. The molecule has 1 saturated heterocycles. The van der Waals surface area contributed by atoms with Gasteiger partial charge in [0, 0.05) is 48.7 Å². The topological polar surface area (TPSA) is 71.0 Å². The van der Waals surface area contributed by atoms with E-state index in [0.29, 0.717) is 12.5 Å². The molecule has 25 heavy (non-hydrogen) atoms. The Labute approximate surface area is 151 Å². The Bertz CT molecular complexity index is 711. The number of aromatic nitrogens is 3. The van der Waals surface area contributed by atoms with E-state index in [4.69, 9.17) is 4.98 Å². The highest BCUT2D eigenvalue weighted by atomic mass is 32.1. The quantitative estimate of drug-likeness (QED) is 0.913. The van der Waals surface area contributed by atoms with Gasteiger partial charge in [0.05, 0.1) is 10.7 Å². The van der Waals surface area contributed by atoms with Gasteiger partial charge in [-0.25, -0.2) is 19.7 Å². The number of carbonyl (C=O) groups excluding carboxylic acids is 1. The van der Waals surface area contributed by atoms with Crippen molar-refractivity contribution in [3.8, 4) is 0 Å². The minimum Gasteiger partial charge on any atom is -0.338 e. The van der Waals surface area contributed by atoms with Crippen LogP contribution < -0.4 is 5.32 Å². The summed E-state index contributed by atoms with van der Waals surface area (Å²) in [4.78, 5) is 28.8. The number of amides is 2. The molecule has 3 heterocycles. The van der Waals surface area contributed by atoms with Crippen molar-refractivity contribution in [3.63, 3.8) is 0 Å². The second-order valence-electron chi connectivity index (χ2n) is 6.73. The summed E-state index contributed by atoms with van der Waals surface area (Å²) in [5, 5.41) is 4.21. The summed E-state index contributed by atoms with van der Waals surface area (Å²) in [5.41, 5.74) is 2.32. The molecule has 132 valence electrons. The van der Waals surface area contributed by atoms with E-state index in [1.165, 1.54) is 23.4 Å². The number of hydrogen-bond acceptors (Lipinski definition) is 5. The third-order valence-electron chi connectivity index (χ3n) is 4.99. The van der Waals surface area contributed by atoms with Crippen molar-refractivity contribution in [2.45, 2.75) is 44.4 Å². The van der Waals surface area contributed by atoms with Crippen LogP contribution in [0.15, 0.2) is 18.6 Å². The summed E-state index contributed by atoms with van der Waals surface area (Å²) in [5.74, 6) is 0.310. The van der Waals surface area contributed by atoms with E-state index in [9.17, 15) is 4.79 Å². The van der Waals surface area contributed by atoms with Crippen molar-refractivity contribution in [2.75, 3.05) is 19.6 Å². The zero-order valence-electron chi connectivity index (χ0n) is 14.3. The second-order valence-corrected chi connectivity index (χ2v) is 7.90. The van der Waals surface area contributed by atoms with E-state index in [-0.39, 0.29) is 6.03 Å². The molecule has 0 bridgehead atoms. The van der Waals surface area contributed by atoms with Crippen molar-refractivity contribution in [1.82, 2.24) is 25.2 Å². The molecule has 4 rings (SSSR count). The number of thiazole rings is 1. The van der Waals surface area contributed by atoms with Crippen LogP contribution in [-0.2, 0) is 19.3 Å². The second kappa shape index (κ2) is 7.47. The fourth-order valence-corrected chi connectivity index (χ4v) is 4.84. The van der Waals surface area contributed by atoms with Crippen LogP contribution in [0.5, 0.6) is 0 Å². The number of carbonyl (C=O) groups is 1. The first-order valence-corrected chi connectivity index (χ1v) is 9.87. The number of rotatable bonds is 4. The Morgan fingerprint density at radius 2 is 2.32 bits per heavy atom. The van der Waals surface area contributed by atoms with Gasteiger partial charge in [0.2, 0.25) is 0 Å². The summed E-state index contributed by atoms with van der Waals surface area (Å²) in [7, 11) is 0. The number of likely N-dealkylation sites (tertiary alicyclic amines) is 1. The van der Waals surface area contributed by atoms with Crippen molar-refractivity contribution < 1.29 is 4.79 Å². The van der Waals surface area contributed by atoms with Crippen molar-refractivity contribution in [2.24, 2.45) is 0 Å². The summed E-state index contributed by atoms with van der Waals surface area (Å²) in [6.07, 6.45) is 9.81. The first-order valence-electron chi connectivity index (χ1n) is 9.06. The van der Waals surface area contributed by atoms with Gasteiger partial charge in [-0.05, 0) is 38.2 Å². The maximum Gasteiger partial charge on any atom is 0.317 e. The lowest BCUT2D eigenvalue weighted by atomic mass is 9.95. The van der Waals surface area contributed by atoms with Gasteiger partial charge in [0.1, 0.15) is 6.33 Å². The number of piperidine rings is 1. The summed E-state index contributed by atoms with van der Waals surface area (Å²) < 4.78 is 0. The maximum atomic E-state index is 12.5. The molecule has 2 aromatic rings. The molecule has 0 aromatic carbocycles. The first-order chi connectivity index (χ1) is 12.3. The molecule has 2 amide bonds. The normalized spacial score (nSPS) is 19.7. The summed E-state index contributed by atoms with van der Waals surface area (Å²) in [6.45, 7) is 2.20. The molecule has 2 aliphatic rings. The fourth-order valence-electron chi connectivity index (χ4n) is 3.68. The molecule has 1 fully saturated rings. The van der Waals surface area contributed by atoms with Gasteiger partial charge in [-0.2, -0.15) is 0 Å². The molecular weight excluding hydrogens is 334 g/mol. The summed E-state index contributed by atoms with van der Waals surface area (Å²) >= 11 is 1.82. The Morgan fingerprint density at radius 3 is 3.16 bits per heavy atom. The number of fused-ring (bicyclic) bond motifs is 1. The van der Waals surface area contributed by atoms with Crippen LogP contribution >= 0.6 is 11.3 Å². The Hall–Kier alpha value is -2.02. The fraction of sp³-hybridized carbons (Fsp3) is 0.556. The van der Waals surface area contributed by atoms with Crippen molar-refractivity contribution in [1.29, 1.82) is 0 Å². The Kier molecular flexibility index (Phi) is 4.92. The van der Waals surface area contributed by atoms with Gasteiger partial charge in [-0.1, -0.05) is 0 Å². The van der Waals surface area contributed by atoms with Gasteiger partial charge in [-0.15, -0.1) is 11.3 Å². The van der Waals surface area contributed by atoms with E-state index in [1.807, 2.05) is 22.3 Å². The van der Waals surface area contributed by atoms with Crippen LogP contribution in [0.25, 0.3) is 0 Å². The zero-order chi connectivity index (χ0) is 17.1. The lowest BCUT2D eigenvalue weighted by molar-refractivity contribution is 0.179. The minimum absolute atomic E-state index is 0.0304. The zero-order valence-corrected chi connectivity index (χ0v) is 15.1. The standard InChI is InChI=1S/C18H23N5OS/c24-18(20-9-7-17-22-15-4-1-5-16(15)25-17)23-10-2-3-13(11-23)14-6-8-19-12-21-14/h6,8,12-13H,1-5,7,9-11H2,(H,20,24). The van der Waals surface area contributed by atoms with Gasteiger partial charge in [0.15, 0.2) is 0 Å². The monoisotopic (exact) mass is 357 g/mol. The predicted octanol–water partition coefficient (Wildman–Crippen LogP) is 2.55. The van der Waals surface area contributed by atoms with Gasteiger partial charge < -0.3 is 10.2 Å². The molecule has 0 spiro atoms. The maximum absolute atomic E-state index is 12.5. The Balaban J connectivity index is 1.27. The van der Waals surface area contributed by atoms with Gasteiger partial charge in [-0.3, -0.25) is 0 Å². The first kappa shape index (κ1) is 16.4. The third-order valence-corrected chi connectivity index (χ3v) is 6.20. The molecule has 0 saturated carbocycles. The highest BCUT2D eigenvalue weighted by Crippen LogP contribution is 2.28. The molecule has 2 aromatic heterocycles. The average molecular weight is 357 g/mol. The van der Waals surface area contributed by atoms with Crippen LogP contribution in [0.2, 0.25) is 0 Å². The van der Waals surface area contributed by atoms with E-state index >= 15 is 0 Å². The molecule has 1 aliphatic heterocycles. The summed E-state index contributed by atoms with van der Waals surface area (Å²) in [6, 6.07) is 1.98. The largest absolute Gasteiger partial charge is 0.338 e. The molecule has 0 radical (unpaired) electrons. The van der Waals surface area contributed by atoms with Crippen molar-refractivity contribution >= 4 is 17.4 Å². The SMILES string of the molecule is O=C(NCCc1nc2c(s1)CCC2)N1CCCC(c2ccncn2)C1. The lowest BCUT2D eigenvalue weighted by Gasteiger charge is -2.32. The predicted molar refractivity (Wildman–Crippen MR) is 96.8 cm³/mol. The van der Waals surface area contributed by atoms with Crippen LogP contribution in [0, 0.1) is 0 Å². The lowest BCUT2D eigenvalue weighted by Crippen LogP contribution is -2.45. The number of nitrogens with zero attached hydrogens (tertiary/aromatic N) is 4. The van der Waals surface area contributed by atoms with Gasteiger partial charge >= 0.3 is 6.03 Å². The molecule has 1 atom stereocenters. The van der Waals surface area contributed by atoms with E-state index in [0.717, 1.165) is 49.5 Å². The van der Waals surface area contributed by atoms with E-state index in [2.05, 4.69) is 15.3 Å². The van der Waals surface area contributed by atoms with E-state index < -0.39 is 0 Å². The molecular formula is C18H23N5OS. The average Bonchev–Trinajstić information content (AvgIpc) is 3.24. The van der Waals surface area contributed by atoms with Crippen LogP contribution in [0.3, 0.4) is 0 Å². The molecule has 1 aliphatic carbocycles. The smallest absolute Gasteiger partial charge is 0.317 e. The minimum atomic E-state index is 0.0304. The number of urea groups is 1.